The van der Waals surface area contributed by atoms with Crippen molar-refractivity contribution in [2.45, 2.75) is 49.4 Å². The molecule has 1 aliphatic carbocycles. The number of aromatic nitrogens is 2. The van der Waals surface area contributed by atoms with Gasteiger partial charge in [-0.15, -0.1) is 0 Å². The van der Waals surface area contributed by atoms with Crippen LogP contribution in [-0.2, 0) is 0 Å². The normalized spacial score (nSPS) is 23.7. The van der Waals surface area contributed by atoms with Gasteiger partial charge in [0.05, 0.1) is 12.1 Å². The van der Waals surface area contributed by atoms with E-state index in [4.69, 9.17) is 0 Å². The summed E-state index contributed by atoms with van der Waals surface area (Å²) >= 11 is 1.51. The van der Waals surface area contributed by atoms with Crippen LogP contribution < -0.4 is 10.6 Å². The number of nitrogens with one attached hydrogen (secondary N) is 2. The maximum atomic E-state index is 10.1. The van der Waals surface area contributed by atoms with E-state index < -0.39 is 0 Å². The summed E-state index contributed by atoms with van der Waals surface area (Å²) < 4.78 is 0. The summed E-state index contributed by atoms with van der Waals surface area (Å²) in [6.45, 7) is 0. The lowest BCUT2D eigenvalue weighted by molar-refractivity contribution is 0.144. The van der Waals surface area contributed by atoms with Crippen LogP contribution in [0.1, 0.15) is 32.1 Å². The van der Waals surface area contributed by atoms with Crippen molar-refractivity contribution in [2.24, 2.45) is 0 Å². The average molecular weight is 282 g/mol. The fourth-order valence-corrected chi connectivity index (χ4v) is 2.74. The van der Waals surface area contributed by atoms with Gasteiger partial charge in [-0.25, -0.2) is 9.97 Å². The second kappa shape index (κ2) is 6.96. The average Bonchev–Trinajstić information content (AvgIpc) is 2.63. The molecule has 1 aromatic heterocycles. The Labute approximate surface area is 118 Å². The van der Waals surface area contributed by atoms with E-state index >= 15 is 0 Å². The van der Waals surface area contributed by atoms with Crippen molar-refractivity contribution < 1.29 is 5.11 Å². The molecule has 1 fully saturated rings. The first-order valence-corrected chi connectivity index (χ1v) is 8.01. The molecule has 0 spiro atoms. The van der Waals surface area contributed by atoms with E-state index in [2.05, 4.69) is 20.6 Å². The summed E-state index contributed by atoms with van der Waals surface area (Å²) in [6, 6.07) is 1.98. The van der Waals surface area contributed by atoms with E-state index in [0.29, 0.717) is 0 Å². The van der Waals surface area contributed by atoms with E-state index in [1.807, 2.05) is 19.4 Å². The molecule has 1 heterocycles. The molecule has 0 bridgehead atoms. The van der Waals surface area contributed by atoms with Crippen LogP contribution in [-0.4, -0.2) is 40.5 Å². The first kappa shape index (κ1) is 14.4. The van der Waals surface area contributed by atoms with Gasteiger partial charge in [0.2, 0.25) is 0 Å². The highest BCUT2D eigenvalue weighted by Gasteiger charge is 2.22. The largest absolute Gasteiger partial charge is 0.391 e. The van der Waals surface area contributed by atoms with E-state index in [1.165, 1.54) is 18.2 Å². The smallest absolute Gasteiger partial charge is 0.191 e. The molecule has 0 aliphatic heterocycles. The zero-order valence-electron chi connectivity index (χ0n) is 11.5. The lowest BCUT2D eigenvalue weighted by Crippen LogP contribution is -2.32. The first-order chi connectivity index (χ1) is 9.22. The fourth-order valence-electron chi connectivity index (χ4n) is 2.36. The van der Waals surface area contributed by atoms with Gasteiger partial charge in [-0.2, -0.15) is 0 Å². The van der Waals surface area contributed by atoms with Crippen LogP contribution in [0.2, 0.25) is 0 Å². The predicted octanol–water partition coefficient (Wildman–Crippen LogP) is 2.35. The number of rotatable bonds is 4. The van der Waals surface area contributed by atoms with E-state index in [-0.39, 0.29) is 12.1 Å². The zero-order chi connectivity index (χ0) is 13.7. The molecule has 2 unspecified atom stereocenters. The Bertz CT molecular complexity index is 393. The van der Waals surface area contributed by atoms with Crippen LogP contribution in [0, 0.1) is 0 Å². The Kier molecular flexibility index (Phi) is 5.27. The quantitative estimate of drug-likeness (QED) is 0.447. The van der Waals surface area contributed by atoms with Crippen molar-refractivity contribution in [1.29, 1.82) is 0 Å². The van der Waals surface area contributed by atoms with Gasteiger partial charge in [-0.3, -0.25) is 0 Å². The number of nitrogens with zero attached hydrogens (tertiary/aromatic N) is 2. The number of thioether (sulfide) groups is 1. The third-order valence-corrected chi connectivity index (χ3v) is 4.00. The van der Waals surface area contributed by atoms with Gasteiger partial charge in [-0.05, 0) is 19.1 Å². The van der Waals surface area contributed by atoms with Gasteiger partial charge >= 0.3 is 0 Å². The number of aliphatic hydroxyl groups excluding tert-OH is 1. The van der Waals surface area contributed by atoms with E-state index in [9.17, 15) is 5.11 Å². The van der Waals surface area contributed by atoms with Crippen LogP contribution in [0.25, 0.3) is 0 Å². The van der Waals surface area contributed by atoms with Gasteiger partial charge in [-0.1, -0.05) is 31.0 Å². The number of aliphatic hydroxyl groups is 1. The van der Waals surface area contributed by atoms with Gasteiger partial charge in [0.25, 0.3) is 0 Å². The Morgan fingerprint density at radius 1 is 1.21 bits per heavy atom. The highest BCUT2D eigenvalue weighted by Crippen LogP contribution is 2.23. The van der Waals surface area contributed by atoms with Gasteiger partial charge in [0.15, 0.2) is 5.16 Å². The minimum absolute atomic E-state index is 0.0943. The van der Waals surface area contributed by atoms with E-state index in [0.717, 1.165) is 42.5 Å². The summed E-state index contributed by atoms with van der Waals surface area (Å²) in [7, 11) is 1.84. The van der Waals surface area contributed by atoms with Crippen LogP contribution in [0.5, 0.6) is 0 Å². The summed E-state index contributed by atoms with van der Waals surface area (Å²) in [5.41, 5.74) is 0. The Morgan fingerprint density at radius 2 is 1.95 bits per heavy atom. The highest BCUT2D eigenvalue weighted by atomic mass is 32.2. The summed E-state index contributed by atoms with van der Waals surface area (Å²) in [5, 5.41) is 17.3. The van der Waals surface area contributed by atoms with Crippen LogP contribution >= 0.6 is 11.8 Å². The Morgan fingerprint density at radius 3 is 2.68 bits per heavy atom. The molecule has 0 amide bonds. The maximum Gasteiger partial charge on any atom is 0.191 e. The molecule has 0 radical (unpaired) electrons. The van der Waals surface area contributed by atoms with Crippen LogP contribution in [0.4, 0.5) is 11.6 Å². The van der Waals surface area contributed by atoms with Crippen LogP contribution in [0.3, 0.4) is 0 Å². The molecular weight excluding hydrogens is 260 g/mol. The van der Waals surface area contributed by atoms with Gasteiger partial charge in [0.1, 0.15) is 11.6 Å². The van der Waals surface area contributed by atoms with Crippen molar-refractivity contribution in [1.82, 2.24) is 9.97 Å². The van der Waals surface area contributed by atoms with Crippen molar-refractivity contribution in [3.63, 3.8) is 0 Å². The molecule has 1 aromatic rings. The monoisotopic (exact) mass is 282 g/mol. The first-order valence-electron chi connectivity index (χ1n) is 6.78. The lowest BCUT2D eigenvalue weighted by atomic mass is 10.1. The van der Waals surface area contributed by atoms with Crippen molar-refractivity contribution >= 4 is 23.4 Å². The summed E-state index contributed by atoms with van der Waals surface area (Å²) in [6.07, 6.45) is 7.02. The third-order valence-electron chi connectivity index (χ3n) is 3.46. The second-order valence-electron chi connectivity index (χ2n) is 4.83. The third kappa shape index (κ3) is 3.98. The molecule has 0 saturated heterocycles. The van der Waals surface area contributed by atoms with Gasteiger partial charge in [0, 0.05) is 13.1 Å². The SMILES string of the molecule is CNc1cc(NC2CCCCCC2O)nc(SC)n1. The molecule has 5 nitrogen and oxygen atoms in total. The molecular formula is C13H22N4OS. The summed E-state index contributed by atoms with van der Waals surface area (Å²) in [4.78, 5) is 8.79. The Balaban J connectivity index is 2.12. The fraction of sp³-hybridized carbons (Fsp3) is 0.692. The topological polar surface area (TPSA) is 70.1 Å². The van der Waals surface area contributed by atoms with Gasteiger partial charge < -0.3 is 15.7 Å². The minimum Gasteiger partial charge on any atom is -0.391 e. The zero-order valence-corrected chi connectivity index (χ0v) is 12.3. The molecule has 19 heavy (non-hydrogen) atoms. The number of anilines is 2. The summed E-state index contributed by atoms with van der Waals surface area (Å²) in [5.74, 6) is 1.58. The predicted molar refractivity (Wildman–Crippen MR) is 79.9 cm³/mol. The molecule has 6 heteroatoms. The molecule has 2 atom stereocenters. The standard InChI is InChI=1S/C13H22N4OS/c1-14-11-8-12(17-13(16-11)19-2)15-9-6-4-3-5-7-10(9)18/h8-10,18H,3-7H2,1-2H3,(H2,14,15,16,17). The molecule has 3 N–H and O–H groups in total. The molecule has 106 valence electrons. The number of hydrogen-bond donors (Lipinski definition) is 3. The lowest BCUT2D eigenvalue weighted by Gasteiger charge is -2.22. The molecule has 1 saturated carbocycles. The molecule has 1 aliphatic rings. The van der Waals surface area contributed by atoms with Crippen molar-refractivity contribution in [2.75, 3.05) is 23.9 Å². The van der Waals surface area contributed by atoms with Crippen molar-refractivity contribution in [3.8, 4) is 0 Å². The maximum absolute atomic E-state index is 10.1. The molecule has 2 rings (SSSR count). The minimum atomic E-state index is -0.284. The number of hydrogen-bond acceptors (Lipinski definition) is 6. The van der Waals surface area contributed by atoms with Crippen molar-refractivity contribution in [3.05, 3.63) is 6.07 Å². The highest BCUT2D eigenvalue weighted by molar-refractivity contribution is 7.98. The Hall–Kier alpha value is -1.01. The molecule has 0 aromatic carbocycles. The van der Waals surface area contributed by atoms with Crippen LogP contribution in [0.15, 0.2) is 11.2 Å². The van der Waals surface area contributed by atoms with E-state index in [1.54, 1.807) is 0 Å². The second-order valence-corrected chi connectivity index (χ2v) is 5.60.